The topological polar surface area (TPSA) is 49.1 Å². The average Bonchev–Trinajstić information content (AvgIpc) is 2.77. The summed E-state index contributed by atoms with van der Waals surface area (Å²) in [5, 5.41) is 8.76. The Hall–Kier alpha value is -1.44. The summed E-state index contributed by atoms with van der Waals surface area (Å²) >= 11 is 0. The molecular formula is C12H15N3O. The molecule has 1 aliphatic rings. The molecule has 1 aromatic rings. The highest BCUT2D eigenvalue weighted by atomic mass is 16.5. The number of methoxy groups -OCH3 is 1. The van der Waals surface area contributed by atoms with Crippen LogP contribution < -0.4 is 0 Å². The second-order valence-electron chi connectivity index (χ2n) is 4.04. The van der Waals surface area contributed by atoms with Gasteiger partial charge in [0.25, 0.3) is 0 Å². The summed E-state index contributed by atoms with van der Waals surface area (Å²) < 4.78 is 5.32. The van der Waals surface area contributed by atoms with E-state index >= 15 is 0 Å². The van der Waals surface area contributed by atoms with Crippen molar-refractivity contribution < 1.29 is 4.74 Å². The Balaban J connectivity index is 1.97. The van der Waals surface area contributed by atoms with Gasteiger partial charge in [0.2, 0.25) is 0 Å². The van der Waals surface area contributed by atoms with Gasteiger partial charge in [-0.25, -0.2) is 4.98 Å². The van der Waals surface area contributed by atoms with E-state index in [0.717, 1.165) is 31.6 Å². The first-order chi connectivity index (χ1) is 7.81. The van der Waals surface area contributed by atoms with E-state index in [-0.39, 0.29) is 0 Å². The highest BCUT2D eigenvalue weighted by molar-refractivity contribution is 5.25. The van der Waals surface area contributed by atoms with Crippen LogP contribution in [0.25, 0.3) is 0 Å². The number of nitrogens with zero attached hydrogens (tertiary/aromatic N) is 3. The lowest BCUT2D eigenvalue weighted by Crippen LogP contribution is -2.22. The zero-order valence-electron chi connectivity index (χ0n) is 9.39. The summed E-state index contributed by atoms with van der Waals surface area (Å²) in [7, 11) is 1.76. The van der Waals surface area contributed by atoms with E-state index in [9.17, 15) is 0 Å². The number of hydrogen-bond acceptors (Lipinski definition) is 4. The molecule has 2 heterocycles. The minimum atomic E-state index is 0.359. The van der Waals surface area contributed by atoms with Crippen LogP contribution in [0.5, 0.6) is 0 Å². The van der Waals surface area contributed by atoms with Gasteiger partial charge in [0.05, 0.1) is 6.10 Å². The van der Waals surface area contributed by atoms with Gasteiger partial charge in [-0.3, -0.25) is 4.90 Å². The van der Waals surface area contributed by atoms with Crippen LogP contribution in [0, 0.1) is 11.3 Å². The third-order valence-electron chi connectivity index (χ3n) is 2.91. The molecule has 1 aliphatic heterocycles. The van der Waals surface area contributed by atoms with Crippen molar-refractivity contribution in [3.8, 4) is 6.07 Å². The molecule has 4 nitrogen and oxygen atoms in total. The molecule has 1 saturated heterocycles. The summed E-state index contributed by atoms with van der Waals surface area (Å²) in [5.74, 6) is 0. The maximum absolute atomic E-state index is 8.76. The molecule has 0 amide bonds. The molecule has 0 aliphatic carbocycles. The zero-order chi connectivity index (χ0) is 11.4. The maximum Gasteiger partial charge on any atom is 0.140 e. The highest BCUT2D eigenvalue weighted by Crippen LogP contribution is 2.15. The fraction of sp³-hybridized carbons (Fsp3) is 0.500. The van der Waals surface area contributed by atoms with Crippen LogP contribution in [0.15, 0.2) is 18.3 Å². The second-order valence-corrected chi connectivity index (χ2v) is 4.04. The number of aromatic nitrogens is 1. The number of nitriles is 1. The van der Waals surface area contributed by atoms with Crippen molar-refractivity contribution in [2.45, 2.75) is 19.1 Å². The van der Waals surface area contributed by atoms with E-state index in [1.165, 1.54) is 0 Å². The molecule has 16 heavy (non-hydrogen) atoms. The third kappa shape index (κ3) is 2.57. The van der Waals surface area contributed by atoms with Crippen LogP contribution in [-0.4, -0.2) is 36.2 Å². The summed E-state index contributed by atoms with van der Waals surface area (Å²) in [6.45, 7) is 2.90. The van der Waals surface area contributed by atoms with E-state index in [1.807, 2.05) is 12.1 Å². The fourth-order valence-electron chi connectivity index (χ4n) is 2.03. The highest BCUT2D eigenvalue weighted by Gasteiger charge is 2.21. The second kappa shape index (κ2) is 5.06. The SMILES string of the molecule is COC1CCN(Cc2ccnc(C#N)c2)C1. The quantitative estimate of drug-likeness (QED) is 0.762. The Morgan fingerprint density at radius 1 is 1.69 bits per heavy atom. The Morgan fingerprint density at radius 3 is 3.25 bits per heavy atom. The van der Waals surface area contributed by atoms with Crippen molar-refractivity contribution in [1.29, 1.82) is 5.26 Å². The van der Waals surface area contributed by atoms with Crippen LogP contribution in [0.1, 0.15) is 17.7 Å². The van der Waals surface area contributed by atoms with Crippen molar-refractivity contribution >= 4 is 0 Å². The molecule has 2 rings (SSSR count). The summed E-state index contributed by atoms with van der Waals surface area (Å²) in [4.78, 5) is 6.30. The molecule has 4 heteroatoms. The Kier molecular flexibility index (Phi) is 3.50. The maximum atomic E-state index is 8.76. The molecule has 1 fully saturated rings. The number of rotatable bonds is 3. The van der Waals surface area contributed by atoms with Crippen LogP contribution in [0.2, 0.25) is 0 Å². The smallest absolute Gasteiger partial charge is 0.140 e. The molecule has 84 valence electrons. The summed E-state index contributed by atoms with van der Waals surface area (Å²) in [5.41, 5.74) is 1.63. The van der Waals surface area contributed by atoms with Crippen molar-refractivity contribution in [3.63, 3.8) is 0 Å². The number of likely N-dealkylation sites (tertiary alicyclic amines) is 1. The van der Waals surface area contributed by atoms with Gasteiger partial charge in [-0.2, -0.15) is 5.26 Å². The van der Waals surface area contributed by atoms with E-state index in [4.69, 9.17) is 10.00 Å². The Morgan fingerprint density at radius 2 is 2.56 bits per heavy atom. The van der Waals surface area contributed by atoms with E-state index in [2.05, 4.69) is 16.0 Å². The first kappa shape index (κ1) is 11.1. The van der Waals surface area contributed by atoms with Crippen LogP contribution >= 0.6 is 0 Å². The van der Waals surface area contributed by atoms with Gasteiger partial charge in [0.15, 0.2) is 0 Å². The van der Waals surface area contributed by atoms with Gasteiger partial charge >= 0.3 is 0 Å². The average molecular weight is 217 g/mol. The molecule has 0 bridgehead atoms. The lowest BCUT2D eigenvalue weighted by atomic mass is 10.2. The molecule has 0 saturated carbocycles. The summed E-state index contributed by atoms with van der Waals surface area (Å²) in [6, 6.07) is 5.86. The Labute approximate surface area is 95.5 Å². The van der Waals surface area contributed by atoms with Crippen LogP contribution in [-0.2, 0) is 11.3 Å². The molecule has 1 atom stereocenters. The largest absolute Gasteiger partial charge is 0.380 e. The van der Waals surface area contributed by atoms with Gasteiger partial charge in [-0.1, -0.05) is 0 Å². The van der Waals surface area contributed by atoms with Crippen LogP contribution in [0.4, 0.5) is 0 Å². The predicted molar refractivity (Wildman–Crippen MR) is 59.6 cm³/mol. The molecule has 0 N–H and O–H groups in total. The molecule has 0 aromatic carbocycles. The van der Waals surface area contributed by atoms with E-state index in [0.29, 0.717) is 11.8 Å². The number of hydrogen-bond donors (Lipinski definition) is 0. The number of pyridine rings is 1. The van der Waals surface area contributed by atoms with Crippen molar-refractivity contribution in [1.82, 2.24) is 9.88 Å². The molecule has 0 spiro atoms. The third-order valence-corrected chi connectivity index (χ3v) is 2.91. The fourth-order valence-corrected chi connectivity index (χ4v) is 2.03. The standard InChI is InChI=1S/C12H15N3O/c1-16-12-3-5-15(9-12)8-10-2-4-14-11(6-10)7-13/h2,4,6,12H,3,5,8-9H2,1H3. The summed E-state index contributed by atoms with van der Waals surface area (Å²) in [6.07, 6.45) is 3.14. The van der Waals surface area contributed by atoms with Gasteiger partial charge in [-0.05, 0) is 24.1 Å². The lowest BCUT2D eigenvalue weighted by molar-refractivity contribution is 0.107. The monoisotopic (exact) mass is 217 g/mol. The molecule has 1 unspecified atom stereocenters. The van der Waals surface area contributed by atoms with Gasteiger partial charge < -0.3 is 4.74 Å². The van der Waals surface area contributed by atoms with Crippen molar-refractivity contribution in [2.24, 2.45) is 0 Å². The molecule has 0 radical (unpaired) electrons. The molecular weight excluding hydrogens is 202 g/mol. The predicted octanol–water partition coefficient (Wildman–Crippen LogP) is 1.17. The minimum absolute atomic E-state index is 0.359. The van der Waals surface area contributed by atoms with E-state index in [1.54, 1.807) is 13.3 Å². The first-order valence-corrected chi connectivity index (χ1v) is 5.42. The number of ether oxygens (including phenoxy) is 1. The van der Waals surface area contributed by atoms with Crippen LogP contribution in [0.3, 0.4) is 0 Å². The molecule has 1 aromatic heterocycles. The first-order valence-electron chi connectivity index (χ1n) is 5.42. The van der Waals surface area contributed by atoms with Crippen molar-refractivity contribution in [3.05, 3.63) is 29.6 Å². The lowest BCUT2D eigenvalue weighted by Gasteiger charge is -2.15. The van der Waals surface area contributed by atoms with E-state index < -0.39 is 0 Å². The zero-order valence-corrected chi connectivity index (χ0v) is 9.39. The van der Waals surface area contributed by atoms with Gasteiger partial charge in [0, 0.05) is 32.9 Å². The minimum Gasteiger partial charge on any atom is -0.380 e. The van der Waals surface area contributed by atoms with Crippen molar-refractivity contribution in [2.75, 3.05) is 20.2 Å². The normalized spacial score (nSPS) is 20.9. The Bertz CT molecular complexity index is 399. The van der Waals surface area contributed by atoms with Gasteiger partial charge in [0.1, 0.15) is 11.8 Å². The van der Waals surface area contributed by atoms with Gasteiger partial charge in [-0.15, -0.1) is 0 Å².